The van der Waals surface area contributed by atoms with E-state index >= 15 is 0 Å². The Morgan fingerprint density at radius 1 is 1.11 bits per heavy atom. The molecule has 0 aliphatic carbocycles. The van der Waals surface area contributed by atoms with Gasteiger partial charge in [-0.1, -0.05) is 35.0 Å². The predicted molar refractivity (Wildman–Crippen MR) is 124 cm³/mol. The second kappa shape index (κ2) is 9.43. The molecule has 1 aliphatic heterocycles. The third-order valence-electron chi connectivity index (χ3n) is 5.88. The highest BCUT2D eigenvalue weighted by Gasteiger charge is 2.26. The number of piperazine rings is 1. The smallest absolute Gasteiger partial charge is 0.295 e. The fourth-order valence-electron chi connectivity index (χ4n) is 3.95. The second-order valence-electron chi connectivity index (χ2n) is 8.25. The van der Waals surface area contributed by atoms with E-state index in [-0.39, 0.29) is 22.8 Å². The van der Waals surface area contributed by atoms with Crippen LogP contribution in [0, 0.1) is 17.0 Å². The van der Waals surface area contributed by atoms with Gasteiger partial charge < -0.3 is 9.42 Å². The van der Waals surface area contributed by atoms with Crippen LogP contribution < -0.4 is 0 Å². The maximum atomic E-state index is 13.0. The summed E-state index contributed by atoms with van der Waals surface area (Å²) in [6.45, 7) is 4.71. The molecule has 1 fully saturated rings. The molecule has 12 heteroatoms. The lowest BCUT2D eigenvalue weighted by atomic mass is 10.1. The molecule has 0 unspecified atom stereocenters. The van der Waals surface area contributed by atoms with Crippen LogP contribution in [0.4, 0.5) is 5.69 Å². The largest absolute Gasteiger partial charge is 0.338 e. The van der Waals surface area contributed by atoms with Gasteiger partial charge in [0.1, 0.15) is 18.3 Å². The first kappa shape index (κ1) is 22.3. The average Bonchev–Trinajstić information content (AvgIpc) is 3.57. The lowest BCUT2D eigenvalue weighted by molar-refractivity contribution is -0.384. The lowest BCUT2D eigenvalue weighted by Gasteiger charge is -2.34. The minimum Gasteiger partial charge on any atom is -0.338 e. The summed E-state index contributed by atoms with van der Waals surface area (Å²) in [5.74, 6) is 0.807. The van der Waals surface area contributed by atoms with E-state index in [0.717, 1.165) is 11.1 Å². The molecular formula is C23H22N8O4. The molecule has 12 nitrogen and oxygen atoms in total. The summed E-state index contributed by atoms with van der Waals surface area (Å²) in [6, 6.07) is 12.3. The highest BCUT2D eigenvalue weighted by molar-refractivity contribution is 5.95. The molecule has 0 radical (unpaired) electrons. The number of carbonyl (C=O) groups excluding carboxylic acids is 1. The first-order chi connectivity index (χ1) is 17.0. The maximum Gasteiger partial charge on any atom is 0.295 e. The van der Waals surface area contributed by atoms with Crippen molar-refractivity contribution in [3.05, 3.63) is 82.3 Å². The van der Waals surface area contributed by atoms with Crippen LogP contribution in [0.15, 0.2) is 59.6 Å². The summed E-state index contributed by atoms with van der Waals surface area (Å²) >= 11 is 0. The Kier molecular flexibility index (Phi) is 6.02. The van der Waals surface area contributed by atoms with Gasteiger partial charge in [0.05, 0.1) is 11.5 Å². The highest BCUT2D eigenvalue weighted by Crippen LogP contribution is 2.25. The van der Waals surface area contributed by atoms with Crippen molar-refractivity contribution in [3.8, 4) is 17.1 Å². The summed E-state index contributed by atoms with van der Waals surface area (Å²) in [5.41, 5.74) is 2.35. The predicted octanol–water partition coefficient (Wildman–Crippen LogP) is 2.49. The number of carbonyl (C=O) groups is 1. The first-order valence-corrected chi connectivity index (χ1v) is 11.0. The Morgan fingerprint density at radius 2 is 1.89 bits per heavy atom. The van der Waals surface area contributed by atoms with Crippen molar-refractivity contribution >= 4 is 11.6 Å². The Labute approximate surface area is 199 Å². The molecule has 0 N–H and O–H groups in total. The van der Waals surface area contributed by atoms with Crippen molar-refractivity contribution in [1.82, 2.24) is 34.7 Å². The summed E-state index contributed by atoms with van der Waals surface area (Å²) in [4.78, 5) is 36.2. The molecule has 1 amide bonds. The quantitative estimate of drug-likeness (QED) is 0.305. The Balaban J connectivity index is 1.21. The van der Waals surface area contributed by atoms with E-state index in [1.54, 1.807) is 11.0 Å². The van der Waals surface area contributed by atoms with Crippen LogP contribution in [-0.2, 0) is 6.54 Å². The maximum absolute atomic E-state index is 13.0. The Bertz CT molecular complexity index is 1340. The van der Waals surface area contributed by atoms with Crippen molar-refractivity contribution in [1.29, 1.82) is 0 Å². The molecule has 1 aliphatic rings. The summed E-state index contributed by atoms with van der Waals surface area (Å²) < 4.78 is 6.71. The molecule has 0 bridgehead atoms. The van der Waals surface area contributed by atoms with Crippen LogP contribution in [0.5, 0.6) is 0 Å². The monoisotopic (exact) mass is 474 g/mol. The average molecular weight is 474 g/mol. The van der Waals surface area contributed by atoms with E-state index in [4.69, 9.17) is 4.52 Å². The molecule has 35 heavy (non-hydrogen) atoms. The number of hydrogen-bond donors (Lipinski definition) is 0. The zero-order valence-corrected chi connectivity index (χ0v) is 18.9. The lowest BCUT2D eigenvalue weighted by Crippen LogP contribution is -2.48. The third-order valence-corrected chi connectivity index (χ3v) is 5.88. The van der Waals surface area contributed by atoms with E-state index in [1.165, 1.54) is 29.5 Å². The van der Waals surface area contributed by atoms with E-state index in [9.17, 15) is 14.9 Å². The third kappa shape index (κ3) is 4.77. The van der Waals surface area contributed by atoms with Crippen molar-refractivity contribution in [2.45, 2.75) is 13.5 Å². The number of benzene rings is 2. The molecular weight excluding hydrogens is 452 g/mol. The van der Waals surface area contributed by atoms with Gasteiger partial charge in [-0.3, -0.25) is 19.8 Å². The summed E-state index contributed by atoms with van der Waals surface area (Å²) in [5, 5.41) is 19.6. The van der Waals surface area contributed by atoms with Gasteiger partial charge >= 0.3 is 0 Å². The van der Waals surface area contributed by atoms with Gasteiger partial charge in [0, 0.05) is 43.4 Å². The number of rotatable bonds is 6. The molecule has 178 valence electrons. The van der Waals surface area contributed by atoms with Crippen molar-refractivity contribution in [2.75, 3.05) is 26.2 Å². The van der Waals surface area contributed by atoms with Crippen LogP contribution in [-0.4, -0.2) is 71.7 Å². The zero-order chi connectivity index (χ0) is 24.4. The van der Waals surface area contributed by atoms with Crippen LogP contribution in [0.25, 0.3) is 17.1 Å². The van der Waals surface area contributed by atoms with E-state index in [1.807, 2.05) is 31.2 Å². The van der Waals surface area contributed by atoms with Gasteiger partial charge in [0.2, 0.25) is 11.7 Å². The van der Waals surface area contributed by atoms with E-state index in [2.05, 4.69) is 25.1 Å². The van der Waals surface area contributed by atoms with Gasteiger partial charge in [-0.15, -0.1) is 0 Å². The molecule has 1 saturated heterocycles. The summed E-state index contributed by atoms with van der Waals surface area (Å²) in [7, 11) is 0. The van der Waals surface area contributed by atoms with E-state index < -0.39 is 4.92 Å². The number of nitro groups is 1. The van der Waals surface area contributed by atoms with Crippen molar-refractivity contribution in [3.63, 3.8) is 0 Å². The molecule has 4 aromatic rings. The fourth-order valence-corrected chi connectivity index (χ4v) is 3.95. The number of nitrogens with zero attached hydrogens (tertiary/aromatic N) is 8. The molecule has 2 aromatic heterocycles. The Morgan fingerprint density at radius 3 is 2.57 bits per heavy atom. The zero-order valence-electron chi connectivity index (χ0n) is 18.9. The minimum absolute atomic E-state index is 0.208. The van der Waals surface area contributed by atoms with E-state index in [0.29, 0.717) is 44.4 Å². The van der Waals surface area contributed by atoms with Crippen molar-refractivity contribution in [2.24, 2.45) is 0 Å². The molecule has 0 atom stereocenters. The summed E-state index contributed by atoms with van der Waals surface area (Å²) in [6.07, 6.45) is 2.66. The van der Waals surface area contributed by atoms with Gasteiger partial charge in [0.25, 0.3) is 11.6 Å². The van der Waals surface area contributed by atoms with Gasteiger partial charge in [-0.2, -0.15) is 10.1 Å². The topological polar surface area (TPSA) is 136 Å². The van der Waals surface area contributed by atoms with Crippen molar-refractivity contribution < 1.29 is 14.2 Å². The standard InChI is InChI=1S/C23H22N8O4/c1-16-2-4-17(5-3-16)22-26-21(35-27-22)13-28-8-10-29(11-9-28)23(32)18-6-7-19(20(12-18)31(33)34)30-15-24-14-25-30/h2-7,12,14-15H,8-11,13H2,1H3. The highest BCUT2D eigenvalue weighted by atomic mass is 16.6. The Hall–Kier alpha value is -4.45. The van der Waals surface area contributed by atoms with Crippen LogP contribution >= 0.6 is 0 Å². The fraction of sp³-hybridized carbons (Fsp3) is 0.261. The molecule has 0 spiro atoms. The van der Waals surface area contributed by atoms with Gasteiger partial charge in [-0.25, -0.2) is 9.67 Å². The molecule has 5 rings (SSSR count). The van der Waals surface area contributed by atoms with Crippen LogP contribution in [0.1, 0.15) is 21.8 Å². The molecule has 0 saturated carbocycles. The van der Waals surface area contributed by atoms with Crippen LogP contribution in [0.2, 0.25) is 0 Å². The molecule has 2 aromatic carbocycles. The number of amides is 1. The number of nitro benzene ring substituents is 1. The number of aryl methyl sites for hydroxylation is 1. The SMILES string of the molecule is Cc1ccc(-c2noc(CN3CCN(C(=O)c4ccc(-n5cncn5)c([N+](=O)[O-])c4)CC3)n2)cc1. The van der Waals surface area contributed by atoms with Gasteiger partial charge in [-0.05, 0) is 19.1 Å². The minimum atomic E-state index is -0.527. The number of aromatic nitrogens is 5. The number of hydrogen-bond acceptors (Lipinski definition) is 9. The first-order valence-electron chi connectivity index (χ1n) is 11.0. The normalized spacial score (nSPS) is 14.3. The van der Waals surface area contributed by atoms with Crippen LogP contribution in [0.3, 0.4) is 0 Å². The second-order valence-corrected chi connectivity index (χ2v) is 8.25. The molecule has 3 heterocycles. The van der Waals surface area contributed by atoms with Gasteiger partial charge in [0.15, 0.2) is 0 Å².